The zero-order valence-electron chi connectivity index (χ0n) is 10.6. The molecule has 2 rings (SSSR count). The summed E-state index contributed by atoms with van der Waals surface area (Å²) in [6.07, 6.45) is 3.72. The van der Waals surface area contributed by atoms with Crippen molar-refractivity contribution in [3.05, 3.63) is 53.6 Å². The summed E-state index contributed by atoms with van der Waals surface area (Å²) in [5, 5.41) is 0. The van der Waals surface area contributed by atoms with Gasteiger partial charge in [0.05, 0.1) is 6.42 Å². The molecule has 2 aromatic rings. The van der Waals surface area contributed by atoms with E-state index in [9.17, 15) is 13.6 Å². The van der Waals surface area contributed by atoms with Gasteiger partial charge in [0.2, 0.25) is 0 Å². The predicted octanol–water partition coefficient (Wildman–Crippen LogP) is 2.54. The van der Waals surface area contributed by atoms with E-state index in [1.807, 2.05) is 11.5 Å². The van der Waals surface area contributed by atoms with Gasteiger partial charge in [0.25, 0.3) is 0 Å². The second kappa shape index (κ2) is 5.73. The van der Waals surface area contributed by atoms with E-state index in [1.54, 1.807) is 12.4 Å². The van der Waals surface area contributed by atoms with Crippen molar-refractivity contribution in [1.82, 2.24) is 9.55 Å². The highest BCUT2D eigenvalue weighted by molar-refractivity contribution is 5.82. The number of halogens is 2. The Balaban J connectivity index is 2.03. The van der Waals surface area contributed by atoms with Crippen molar-refractivity contribution < 1.29 is 13.6 Å². The number of nitrogens with zero attached hydrogens (tertiary/aromatic N) is 2. The molecular weight excluding hydrogens is 250 g/mol. The van der Waals surface area contributed by atoms with Gasteiger partial charge in [-0.1, -0.05) is 6.07 Å². The zero-order valence-corrected chi connectivity index (χ0v) is 10.6. The molecule has 0 aliphatic rings. The van der Waals surface area contributed by atoms with E-state index in [-0.39, 0.29) is 18.6 Å². The standard InChI is InChI=1S/C14H14F2N2O/c1-2-18-6-5-17-14(18)9-11(19)7-10-3-4-12(15)13(16)8-10/h3-6,8H,2,7,9H2,1H3. The fraction of sp³-hybridized carbons (Fsp3) is 0.286. The lowest BCUT2D eigenvalue weighted by molar-refractivity contribution is -0.117. The Morgan fingerprint density at radius 1 is 1.26 bits per heavy atom. The third-order valence-corrected chi connectivity index (χ3v) is 2.88. The SMILES string of the molecule is CCn1ccnc1CC(=O)Cc1ccc(F)c(F)c1. The molecule has 1 aromatic heterocycles. The third kappa shape index (κ3) is 3.24. The molecule has 19 heavy (non-hydrogen) atoms. The maximum absolute atomic E-state index is 13.0. The van der Waals surface area contributed by atoms with Crippen LogP contribution in [0.15, 0.2) is 30.6 Å². The van der Waals surface area contributed by atoms with E-state index in [0.717, 1.165) is 18.7 Å². The van der Waals surface area contributed by atoms with Crippen molar-refractivity contribution in [3.63, 3.8) is 0 Å². The number of benzene rings is 1. The fourth-order valence-electron chi connectivity index (χ4n) is 1.91. The Bertz CT molecular complexity index is 593. The quantitative estimate of drug-likeness (QED) is 0.831. The molecule has 1 heterocycles. The molecule has 5 heteroatoms. The van der Waals surface area contributed by atoms with Gasteiger partial charge in [-0.25, -0.2) is 13.8 Å². The maximum Gasteiger partial charge on any atom is 0.159 e. The minimum absolute atomic E-state index is 0.0769. The summed E-state index contributed by atoms with van der Waals surface area (Å²) < 4.78 is 27.7. The van der Waals surface area contributed by atoms with Crippen LogP contribution in [-0.4, -0.2) is 15.3 Å². The summed E-state index contributed by atoms with van der Waals surface area (Å²) in [5.74, 6) is -1.22. The van der Waals surface area contributed by atoms with Crippen LogP contribution in [-0.2, 0) is 24.2 Å². The molecule has 0 fully saturated rings. The van der Waals surface area contributed by atoms with E-state index in [2.05, 4.69) is 4.98 Å². The highest BCUT2D eigenvalue weighted by Gasteiger charge is 2.11. The molecule has 0 bridgehead atoms. The Hall–Kier alpha value is -2.04. The molecule has 100 valence electrons. The summed E-state index contributed by atoms with van der Waals surface area (Å²) >= 11 is 0. The van der Waals surface area contributed by atoms with Gasteiger partial charge in [-0.3, -0.25) is 4.79 Å². The van der Waals surface area contributed by atoms with Crippen LogP contribution in [0.5, 0.6) is 0 Å². The van der Waals surface area contributed by atoms with Gasteiger partial charge in [-0.2, -0.15) is 0 Å². The van der Waals surface area contributed by atoms with Crippen molar-refractivity contribution in [2.24, 2.45) is 0 Å². The Kier molecular flexibility index (Phi) is 4.04. The molecule has 0 unspecified atom stereocenters. The molecule has 0 radical (unpaired) electrons. The normalized spacial score (nSPS) is 10.7. The number of rotatable bonds is 5. The van der Waals surface area contributed by atoms with E-state index < -0.39 is 11.6 Å². The van der Waals surface area contributed by atoms with Gasteiger partial charge in [0.15, 0.2) is 11.6 Å². The number of Topliss-reactive ketones (excluding diaryl/α,β-unsaturated/α-hetero) is 1. The largest absolute Gasteiger partial charge is 0.335 e. The van der Waals surface area contributed by atoms with Crippen molar-refractivity contribution in [2.45, 2.75) is 26.3 Å². The zero-order chi connectivity index (χ0) is 13.8. The van der Waals surface area contributed by atoms with Crippen molar-refractivity contribution in [3.8, 4) is 0 Å². The summed E-state index contributed by atoms with van der Waals surface area (Å²) in [7, 11) is 0. The smallest absolute Gasteiger partial charge is 0.159 e. The number of carbonyl (C=O) groups excluding carboxylic acids is 1. The second-order valence-electron chi connectivity index (χ2n) is 4.27. The Morgan fingerprint density at radius 3 is 2.74 bits per heavy atom. The molecule has 0 saturated carbocycles. The number of ketones is 1. The molecule has 1 aromatic carbocycles. The summed E-state index contributed by atoms with van der Waals surface area (Å²) in [6, 6.07) is 3.51. The number of carbonyl (C=O) groups is 1. The van der Waals surface area contributed by atoms with Crippen molar-refractivity contribution >= 4 is 5.78 Å². The van der Waals surface area contributed by atoms with Crippen LogP contribution in [0, 0.1) is 11.6 Å². The third-order valence-electron chi connectivity index (χ3n) is 2.88. The van der Waals surface area contributed by atoms with Gasteiger partial charge in [-0.15, -0.1) is 0 Å². The minimum Gasteiger partial charge on any atom is -0.335 e. The fourth-order valence-corrected chi connectivity index (χ4v) is 1.91. The van der Waals surface area contributed by atoms with Crippen molar-refractivity contribution in [2.75, 3.05) is 0 Å². The first-order valence-corrected chi connectivity index (χ1v) is 6.05. The second-order valence-corrected chi connectivity index (χ2v) is 4.27. The Labute approximate surface area is 109 Å². The molecule has 3 nitrogen and oxygen atoms in total. The Morgan fingerprint density at radius 2 is 2.05 bits per heavy atom. The van der Waals surface area contributed by atoms with Gasteiger partial charge >= 0.3 is 0 Å². The van der Waals surface area contributed by atoms with Gasteiger partial charge < -0.3 is 4.57 Å². The number of aromatic nitrogens is 2. The lowest BCUT2D eigenvalue weighted by Crippen LogP contribution is -2.11. The lowest BCUT2D eigenvalue weighted by atomic mass is 10.1. The van der Waals surface area contributed by atoms with Crippen LogP contribution < -0.4 is 0 Å². The van der Waals surface area contributed by atoms with E-state index in [4.69, 9.17) is 0 Å². The molecule has 0 aliphatic carbocycles. The van der Waals surface area contributed by atoms with Crippen LogP contribution >= 0.6 is 0 Å². The summed E-state index contributed by atoms with van der Waals surface area (Å²) in [6.45, 7) is 2.71. The molecular formula is C14H14F2N2O. The minimum atomic E-state index is -0.930. The molecule has 0 N–H and O–H groups in total. The predicted molar refractivity (Wildman–Crippen MR) is 66.7 cm³/mol. The van der Waals surface area contributed by atoms with Crippen LogP contribution in [0.1, 0.15) is 18.3 Å². The average Bonchev–Trinajstić information content (AvgIpc) is 2.81. The van der Waals surface area contributed by atoms with Crippen LogP contribution in [0.2, 0.25) is 0 Å². The lowest BCUT2D eigenvalue weighted by Gasteiger charge is -2.04. The first-order valence-electron chi connectivity index (χ1n) is 6.05. The first-order chi connectivity index (χ1) is 9.10. The van der Waals surface area contributed by atoms with E-state index >= 15 is 0 Å². The van der Waals surface area contributed by atoms with Crippen LogP contribution in [0.4, 0.5) is 8.78 Å². The average molecular weight is 264 g/mol. The van der Waals surface area contributed by atoms with Gasteiger partial charge in [-0.05, 0) is 24.6 Å². The van der Waals surface area contributed by atoms with Crippen molar-refractivity contribution in [1.29, 1.82) is 0 Å². The van der Waals surface area contributed by atoms with Gasteiger partial charge in [0, 0.05) is 25.4 Å². The number of aryl methyl sites for hydroxylation is 1. The molecule has 0 amide bonds. The van der Waals surface area contributed by atoms with E-state index in [1.165, 1.54) is 6.07 Å². The van der Waals surface area contributed by atoms with Crippen LogP contribution in [0.3, 0.4) is 0 Å². The molecule has 0 saturated heterocycles. The number of hydrogen-bond donors (Lipinski definition) is 0. The summed E-state index contributed by atoms with van der Waals surface area (Å²) in [5.41, 5.74) is 0.471. The first kappa shape index (κ1) is 13.4. The molecule has 0 aliphatic heterocycles. The monoisotopic (exact) mass is 264 g/mol. The maximum atomic E-state index is 13.0. The highest BCUT2D eigenvalue weighted by Crippen LogP contribution is 2.10. The highest BCUT2D eigenvalue weighted by atomic mass is 19.2. The molecule has 0 spiro atoms. The number of hydrogen-bond acceptors (Lipinski definition) is 2. The topological polar surface area (TPSA) is 34.9 Å². The van der Waals surface area contributed by atoms with Crippen LogP contribution in [0.25, 0.3) is 0 Å². The van der Waals surface area contributed by atoms with E-state index in [0.29, 0.717) is 11.4 Å². The van der Waals surface area contributed by atoms with Gasteiger partial charge in [0.1, 0.15) is 11.6 Å². The number of imidazole rings is 1. The molecule has 0 atom stereocenters. The summed E-state index contributed by atoms with van der Waals surface area (Å²) in [4.78, 5) is 16.0.